The van der Waals surface area contributed by atoms with Crippen LogP contribution in [-0.2, 0) is 15.9 Å². The van der Waals surface area contributed by atoms with Crippen molar-refractivity contribution in [2.45, 2.75) is 31.9 Å². The molecule has 0 aliphatic carbocycles. The molecule has 0 amide bonds. The molecule has 2 heterocycles. The minimum Gasteiger partial charge on any atom is -0.496 e. The van der Waals surface area contributed by atoms with Crippen molar-refractivity contribution >= 4 is 0 Å². The first kappa shape index (κ1) is 12.7. The number of fused-ring (bicyclic) bond motifs is 1. The molecule has 2 unspecified atom stereocenters. The number of likely N-dealkylation sites (N-methyl/N-ethyl adjacent to an activating group) is 1. The van der Waals surface area contributed by atoms with Gasteiger partial charge >= 0.3 is 0 Å². The summed E-state index contributed by atoms with van der Waals surface area (Å²) >= 11 is 0. The van der Waals surface area contributed by atoms with Gasteiger partial charge in [-0.1, -0.05) is 31.2 Å². The van der Waals surface area contributed by atoms with Crippen LogP contribution in [0.25, 0.3) is 0 Å². The van der Waals surface area contributed by atoms with Gasteiger partial charge in [0.2, 0.25) is 0 Å². The molecule has 2 aliphatic heterocycles. The molecular weight excluding hydrogens is 238 g/mol. The van der Waals surface area contributed by atoms with Crippen LogP contribution in [0.1, 0.15) is 30.6 Å². The molecule has 0 bridgehead atoms. The van der Waals surface area contributed by atoms with Gasteiger partial charge in [0.25, 0.3) is 0 Å². The maximum absolute atomic E-state index is 6.05. The topological polar surface area (TPSA) is 30.5 Å². The number of rotatable bonds is 4. The molecule has 19 heavy (non-hydrogen) atoms. The van der Waals surface area contributed by atoms with Gasteiger partial charge in [-0.15, -0.1) is 0 Å². The van der Waals surface area contributed by atoms with Crippen molar-refractivity contribution < 1.29 is 9.47 Å². The number of hydrogen-bond donors (Lipinski definition) is 1. The first-order valence-electron chi connectivity index (χ1n) is 7.16. The zero-order chi connectivity index (χ0) is 13.1. The highest BCUT2D eigenvalue weighted by molar-refractivity contribution is 5.33. The molecule has 2 atom stereocenters. The molecule has 0 fully saturated rings. The second-order valence-electron chi connectivity index (χ2n) is 5.02. The predicted octanol–water partition coefficient (Wildman–Crippen LogP) is 2.58. The third-order valence-corrected chi connectivity index (χ3v) is 3.80. The molecule has 102 valence electrons. The summed E-state index contributed by atoms with van der Waals surface area (Å²) < 4.78 is 11.8. The molecule has 1 aromatic carbocycles. The minimum atomic E-state index is 0.0641. The van der Waals surface area contributed by atoms with Crippen LogP contribution in [0.4, 0.5) is 0 Å². The van der Waals surface area contributed by atoms with Gasteiger partial charge in [0.1, 0.15) is 11.9 Å². The van der Waals surface area contributed by atoms with E-state index in [1.54, 1.807) is 0 Å². The molecule has 3 nitrogen and oxygen atoms in total. The first-order valence-corrected chi connectivity index (χ1v) is 7.16. The number of ether oxygens (including phenoxy) is 2. The van der Waals surface area contributed by atoms with E-state index in [9.17, 15) is 0 Å². The lowest BCUT2D eigenvalue weighted by Gasteiger charge is -2.33. The van der Waals surface area contributed by atoms with E-state index in [1.807, 2.05) is 0 Å². The maximum Gasteiger partial charge on any atom is 0.112 e. The molecule has 0 saturated heterocycles. The second-order valence-corrected chi connectivity index (χ2v) is 5.02. The summed E-state index contributed by atoms with van der Waals surface area (Å²) in [6.45, 7) is 4.62. The average molecular weight is 259 g/mol. The molecule has 3 rings (SSSR count). The fourth-order valence-electron chi connectivity index (χ4n) is 2.93. The second kappa shape index (κ2) is 5.76. The van der Waals surface area contributed by atoms with Crippen molar-refractivity contribution in [3.63, 3.8) is 0 Å². The van der Waals surface area contributed by atoms with Gasteiger partial charge in [-0.05, 0) is 30.2 Å². The quantitative estimate of drug-likeness (QED) is 0.901. The molecule has 1 N–H and O–H groups in total. The summed E-state index contributed by atoms with van der Waals surface area (Å²) in [5, 5.41) is 3.52. The van der Waals surface area contributed by atoms with Crippen molar-refractivity contribution in [2.24, 2.45) is 0 Å². The SMILES string of the molecule is CCNC(C1=CCCO1)C1OCCc2ccccc21. The normalized spacial score (nSPS) is 23.4. The largest absolute Gasteiger partial charge is 0.496 e. The van der Waals surface area contributed by atoms with Crippen molar-refractivity contribution in [3.8, 4) is 0 Å². The molecule has 3 heteroatoms. The highest BCUT2D eigenvalue weighted by Gasteiger charge is 2.32. The van der Waals surface area contributed by atoms with E-state index in [0.717, 1.165) is 38.4 Å². The van der Waals surface area contributed by atoms with Crippen LogP contribution >= 0.6 is 0 Å². The Morgan fingerprint density at radius 3 is 3.00 bits per heavy atom. The van der Waals surface area contributed by atoms with Gasteiger partial charge in [0.05, 0.1) is 19.3 Å². The van der Waals surface area contributed by atoms with Crippen molar-refractivity contribution in [1.82, 2.24) is 5.32 Å². The Kier molecular flexibility index (Phi) is 3.85. The summed E-state index contributed by atoms with van der Waals surface area (Å²) in [4.78, 5) is 0. The van der Waals surface area contributed by atoms with Gasteiger partial charge in [-0.2, -0.15) is 0 Å². The van der Waals surface area contributed by atoms with E-state index in [2.05, 4.69) is 42.6 Å². The Morgan fingerprint density at radius 2 is 2.21 bits per heavy atom. The zero-order valence-corrected chi connectivity index (χ0v) is 11.4. The van der Waals surface area contributed by atoms with Crippen molar-refractivity contribution in [3.05, 3.63) is 47.2 Å². The van der Waals surface area contributed by atoms with Crippen LogP contribution in [0.15, 0.2) is 36.1 Å². The van der Waals surface area contributed by atoms with Crippen LogP contribution in [0.3, 0.4) is 0 Å². The fraction of sp³-hybridized carbons (Fsp3) is 0.500. The zero-order valence-electron chi connectivity index (χ0n) is 11.4. The van der Waals surface area contributed by atoms with E-state index in [1.165, 1.54) is 11.1 Å². The molecule has 0 spiro atoms. The Labute approximate surface area is 114 Å². The highest BCUT2D eigenvalue weighted by atomic mass is 16.5. The van der Waals surface area contributed by atoms with E-state index in [4.69, 9.17) is 9.47 Å². The average Bonchev–Trinajstić information content (AvgIpc) is 2.98. The lowest BCUT2D eigenvalue weighted by atomic mass is 9.92. The summed E-state index contributed by atoms with van der Waals surface area (Å²) in [5.41, 5.74) is 2.70. The van der Waals surface area contributed by atoms with Gasteiger partial charge in [0, 0.05) is 6.42 Å². The fourth-order valence-corrected chi connectivity index (χ4v) is 2.93. The first-order chi connectivity index (χ1) is 9.40. The Bertz CT molecular complexity index is 470. The van der Waals surface area contributed by atoms with Crippen LogP contribution in [-0.4, -0.2) is 25.8 Å². The lowest BCUT2D eigenvalue weighted by Crippen LogP contribution is -2.40. The number of hydrogen-bond acceptors (Lipinski definition) is 3. The minimum absolute atomic E-state index is 0.0641. The van der Waals surface area contributed by atoms with E-state index in [-0.39, 0.29) is 12.1 Å². The summed E-state index contributed by atoms with van der Waals surface area (Å²) in [6.07, 6.45) is 4.26. The van der Waals surface area contributed by atoms with Crippen LogP contribution in [0.5, 0.6) is 0 Å². The van der Waals surface area contributed by atoms with Gasteiger partial charge in [-0.3, -0.25) is 0 Å². The van der Waals surface area contributed by atoms with Crippen LogP contribution < -0.4 is 5.32 Å². The van der Waals surface area contributed by atoms with Crippen LogP contribution in [0, 0.1) is 0 Å². The summed E-state index contributed by atoms with van der Waals surface area (Å²) in [7, 11) is 0. The molecular formula is C16H21NO2. The predicted molar refractivity (Wildman–Crippen MR) is 75.0 cm³/mol. The van der Waals surface area contributed by atoms with Crippen molar-refractivity contribution in [2.75, 3.05) is 19.8 Å². The molecule has 0 radical (unpaired) electrons. The highest BCUT2D eigenvalue weighted by Crippen LogP contribution is 2.33. The molecule has 0 saturated carbocycles. The van der Waals surface area contributed by atoms with E-state index in [0.29, 0.717) is 0 Å². The van der Waals surface area contributed by atoms with Crippen LogP contribution in [0.2, 0.25) is 0 Å². The van der Waals surface area contributed by atoms with Crippen molar-refractivity contribution in [1.29, 1.82) is 0 Å². The molecule has 0 aromatic heterocycles. The number of benzene rings is 1. The smallest absolute Gasteiger partial charge is 0.112 e. The van der Waals surface area contributed by atoms with Gasteiger partial charge in [0.15, 0.2) is 0 Å². The van der Waals surface area contributed by atoms with Gasteiger partial charge in [-0.25, -0.2) is 0 Å². The van der Waals surface area contributed by atoms with Gasteiger partial charge < -0.3 is 14.8 Å². The standard InChI is InChI=1S/C16H21NO2/c1-2-17-15(14-8-5-10-18-14)16-13-7-4-3-6-12(13)9-11-19-16/h3-4,6-8,15-17H,2,5,9-11H2,1H3. The third kappa shape index (κ3) is 2.53. The molecule has 2 aliphatic rings. The van der Waals surface area contributed by atoms with E-state index < -0.39 is 0 Å². The third-order valence-electron chi connectivity index (χ3n) is 3.80. The Balaban J connectivity index is 1.91. The monoisotopic (exact) mass is 259 g/mol. The number of nitrogens with one attached hydrogen (secondary N) is 1. The summed E-state index contributed by atoms with van der Waals surface area (Å²) in [5.74, 6) is 1.04. The maximum atomic E-state index is 6.05. The Morgan fingerprint density at radius 1 is 1.32 bits per heavy atom. The Hall–Kier alpha value is -1.32. The molecule has 1 aromatic rings. The lowest BCUT2D eigenvalue weighted by molar-refractivity contribution is 0.0112. The summed E-state index contributed by atoms with van der Waals surface area (Å²) in [6, 6.07) is 8.72. The van der Waals surface area contributed by atoms with E-state index >= 15 is 0 Å².